The standard InChI is InChI=1S/C4H5F4O6PS/c5-4(6,7)16(10,11)14-3-1-12-15(8,9)13-2-3/h3H,1-2H2. The van der Waals surface area contributed by atoms with E-state index in [4.69, 9.17) is 0 Å². The van der Waals surface area contributed by atoms with Crippen molar-refractivity contribution in [1.82, 2.24) is 0 Å². The van der Waals surface area contributed by atoms with Crippen LogP contribution in [0.3, 0.4) is 0 Å². The Balaban J connectivity index is 2.62. The van der Waals surface area contributed by atoms with Crippen molar-refractivity contribution in [3.05, 3.63) is 0 Å². The molecule has 0 N–H and O–H groups in total. The SMILES string of the molecule is O=P1(F)OCC(OS(=O)(=O)C(F)(F)F)CO1. The Morgan fingerprint density at radius 1 is 1.25 bits per heavy atom. The van der Waals surface area contributed by atoms with Gasteiger partial charge < -0.3 is 0 Å². The fourth-order valence-corrected chi connectivity index (χ4v) is 2.06. The molecule has 1 fully saturated rings. The highest BCUT2D eigenvalue weighted by Crippen LogP contribution is 2.52. The molecule has 0 aromatic rings. The van der Waals surface area contributed by atoms with Crippen molar-refractivity contribution in [2.45, 2.75) is 11.6 Å². The van der Waals surface area contributed by atoms with Gasteiger partial charge in [-0.3, -0.25) is 13.2 Å². The minimum atomic E-state index is -5.81. The first-order valence-corrected chi connectivity index (χ1v) is 6.46. The lowest BCUT2D eigenvalue weighted by Crippen LogP contribution is -2.36. The fraction of sp³-hybridized carbons (Fsp3) is 1.00. The Bertz CT molecular complexity index is 391. The summed E-state index contributed by atoms with van der Waals surface area (Å²) in [6.45, 7) is -1.83. The van der Waals surface area contributed by atoms with E-state index in [-0.39, 0.29) is 0 Å². The maximum Gasteiger partial charge on any atom is 0.523 e. The summed E-state index contributed by atoms with van der Waals surface area (Å²) >= 11 is 0. The molecule has 0 spiro atoms. The number of rotatable bonds is 2. The molecule has 1 heterocycles. The van der Waals surface area contributed by atoms with E-state index in [1.54, 1.807) is 0 Å². The minimum Gasteiger partial charge on any atom is -0.281 e. The minimum absolute atomic E-state index is 0.914. The fourth-order valence-electron chi connectivity index (χ4n) is 0.719. The molecule has 0 aliphatic carbocycles. The topological polar surface area (TPSA) is 78.9 Å². The number of hydrogen-bond donors (Lipinski definition) is 0. The normalized spacial score (nSPS) is 32.6. The molecule has 96 valence electrons. The highest BCUT2D eigenvalue weighted by Gasteiger charge is 2.49. The summed E-state index contributed by atoms with van der Waals surface area (Å²) in [6, 6.07) is 0. The van der Waals surface area contributed by atoms with Gasteiger partial charge in [0.25, 0.3) is 0 Å². The molecular formula is C4H5F4O6PS. The van der Waals surface area contributed by atoms with Gasteiger partial charge in [0.15, 0.2) is 0 Å². The quantitative estimate of drug-likeness (QED) is 0.330. The van der Waals surface area contributed by atoms with Crippen LogP contribution >= 0.6 is 7.91 Å². The molecule has 1 aliphatic heterocycles. The maximum absolute atomic E-state index is 12.4. The Labute approximate surface area is 87.3 Å². The number of hydrogen-bond acceptors (Lipinski definition) is 6. The molecule has 0 radical (unpaired) electrons. The Kier molecular flexibility index (Phi) is 3.65. The van der Waals surface area contributed by atoms with E-state index in [0.29, 0.717) is 0 Å². The van der Waals surface area contributed by atoms with E-state index in [1.807, 2.05) is 0 Å². The molecular weight excluding hydrogens is 283 g/mol. The van der Waals surface area contributed by atoms with E-state index >= 15 is 0 Å². The van der Waals surface area contributed by atoms with E-state index in [9.17, 15) is 30.4 Å². The van der Waals surface area contributed by atoms with Gasteiger partial charge in [-0.2, -0.15) is 21.6 Å². The van der Waals surface area contributed by atoms with Crippen LogP contribution in [0, 0.1) is 0 Å². The third-order valence-electron chi connectivity index (χ3n) is 1.38. The molecule has 12 heteroatoms. The largest absolute Gasteiger partial charge is 0.523 e. The van der Waals surface area contributed by atoms with Crippen LogP contribution in [0.2, 0.25) is 0 Å². The van der Waals surface area contributed by atoms with Crippen LogP contribution in [0.15, 0.2) is 0 Å². The zero-order chi connectivity index (χ0) is 12.6. The predicted octanol–water partition coefficient (Wildman–Crippen LogP) is 1.35. The second-order valence-electron chi connectivity index (χ2n) is 2.64. The van der Waals surface area contributed by atoms with Gasteiger partial charge in [0.05, 0.1) is 13.2 Å². The lowest BCUT2D eigenvalue weighted by molar-refractivity contribution is -0.0640. The van der Waals surface area contributed by atoms with Crippen LogP contribution in [-0.2, 0) is 27.9 Å². The summed E-state index contributed by atoms with van der Waals surface area (Å²) in [6.07, 6.45) is -1.69. The van der Waals surface area contributed by atoms with Crippen molar-refractivity contribution in [3.8, 4) is 0 Å². The molecule has 0 bridgehead atoms. The van der Waals surface area contributed by atoms with E-state index in [0.717, 1.165) is 0 Å². The van der Waals surface area contributed by atoms with Gasteiger partial charge in [0.1, 0.15) is 6.10 Å². The smallest absolute Gasteiger partial charge is 0.281 e. The summed E-state index contributed by atoms with van der Waals surface area (Å²) in [5, 5.41) is 0. The molecule has 16 heavy (non-hydrogen) atoms. The summed E-state index contributed by atoms with van der Waals surface area (Å²) in [7, 11) is -10.6. The average molecular weight is 288 g/mol. The highest BCUT2D eigenvalue weighted by molar-refractivity contribution is 7.87. The summed E-state index contributed by atoms with van der Waals surface area (Å²) in [5.41, 5.74) is -5.59. The first-order chi connectivity index (χ1) is 7.04. The maximum atomic E-state index is 12.4. The van der Waals surface area contributed by atoms with Gasteiger partial charge in [0.2, 0.25) is 0 Å². The second-order valence-corrected chi connectivity index (χ2v) is 5.58. The van der Waals surface area contributed by atoms with Crippen molar-refractivity contribution >= 4 is 18.0 Å². The van der Waals surface area contributed by atoms with Gasteiger partial charge in [0, 0.05) is 0 Å². The molecule has 6 nitrogen and oxygen atoms in total. The molecule has 0 aromatic heterocycles. The Hall–Kier alpha value is -0.220. The van der Waals surface area contributed by atoms with Crippen molar-refractivity contribution in [3.63, 3.8) is 0 Å². The van der Waals surface area contributed by atoms with Gasteiger partial charge in [-0.15, -0.1) is 4.20 Å². The molecule has 0 saturated carbocycles. The monoisotopic (exact) mass is 288 g/mol. The first kappa shape index (κ1) is 13.8. The summed E-state index contributed by atoms with van der Waals surface area (Å²) in [4.78, 5) is 0. The molecule has 1 aliphatic rings. The third-order valence-corrected chi connectivity index (χ3v) is 3.38. The first-order valence-electron chi connectivity index (χ1n) is 3.62. The average Bonchev–Trinajstić information content (AvgIpc) is 2.06. The van der Waals surface area contributed by atoms with E-state index < -0.39 is 42.9 Å². The lowest BCUT2D eigenvalue weighted by Gasteiger charge is -2.23. The van der Waals surface area contributed by atoms with Gasteiger partial charge in [-0.1, -0.05) is 0 Å². The summed E-state index contributed by atoms with van der Waals surface area (Å²) < 4.78 is 90.5. The lowest BCUT2D eigenvalue weighted by atomic mass is 10.4. The van der Waals surface area contributed by atoms with Gasteiger partial charge >= 0.3 is 23.5 Å². The molecule has 0 atom stereocenters. The van der Waals surface area contributed by atoms with Crippen molar-refractivity contribution in [2.75, 3.05) is 13.2 Å². The van der Waals surface area contributed by atoms with E-state index in [1.165, 1.54) is 0 Å². The molecule has 0 aromatic carbocycles. The van der Waals surface area contributed by atoms with Crippen LogP contribution in [0.4, 0.5) is 17.4 Å². The van der Waals surface area contributed by atoms with Crippen molar-refractivity contribution in [1.29, 1.82) is 0 Å². The van der Waals surface area contributed by atoms with Crippen LogP contribution in [0.5, 0.6) is 0 Å². The van der Waals surface area contributed by atoms with E-state index in [2.05, 4.69) is 13.2 Å². The van der Waals surface area contributed by atoms with Crippen molar-refractivity contribution < 1.29 is 43.6 Å². The van der Waals surface area contributed by atoms with Crippen LogP contribution in [0.25, 0.3) is 0 Å². The predicted molar refractivity (Wildman–Crippen MR) is 40.5 cm³/mol. The van der Waals surface area contributed by atoms with Crippen LogP contribution < -0.4 is 0 Å². The zero-order valence-electron chi connectivity index (χ0n) is 7.31. The third kappa shape index (κ3) is 3.39. The number of halogens is 4. The summed E-state index contributed by atoms with van der Waals surface area (Å²) in [5.74, 6) is 0. The highest BCUT2D eigenvalue weighted by atomic mass is 32.2. The van der Waals surface area contributed by atoms with Crippen molar-refractivity contribution in [2.24, 2.45) is 0 Å². The molecule has 1 saturated heterocycles. The Morgan fingerprint density at radius 2 is 1.69 bits per heavy atom. The second kappa shape index (κ2) is 4.22. The molecule has 0 amide bonds. The zero-order valence-corrected chi connectivity index (χ0v) is 9.02. The van der Waals surface area contributed by atoms with Gasteiger partial charge in [-0.25, -0.2) is 4.57 Å². The number of alkyl halides is 3. The Morgan fingerprint density at radius 3 is 2.06 bits per heavy atom. The van der Waals surface area contributed by atoms with Crippen LogP contribution in [0.1, 0.15) is 0 Å². The molecule has 1 rings (SSSR count). The molecule has 0 unspecified atom stereocenters. The van der Waals surface area contributed by atoms with Crippen LogP contribution in [-0.4, -0.2) is 33.2 Å². The van der Waals surface area contributed by atoms with Gasteiger partial charge in [-0.05, 0) is 0 Å².